The number of ether oxygens (including phenoxy) is 2. The SMILES string of the molecule is COC(=O)Cn1c(=NC(=O)c2ccc(S(=O)(=O)N3C[C@@H](C)O[C@@H](C)C3)cc2)sc2c(C)cc(C)cc21. The molecule has 1 aliphatic rings. The molecule has 0 unspecified atom stereocenters. The van der Waals surface area contributed by atoms with Gasteiger partial charge >= 0.3 is 5.97 Å². The fraction of sp³-hybridized carbons (Fsp3) is 0.400. The first-order chi connectivity index (χ1) is 17.0. The lowest BCUT2D eigenvalue weighted by molar-refractivity contribution is -0.141. The van der Waals surface area contributed by atoms with Crippen molar-refractivity contribution in [1.29, 1.82) is 0 Å². The van der Waals surface area contributed by atoms with Crippen molar-refractivity contribution >= 4 is 43.5 Å². The minimum absolute atomic E-state index is 0.0842. The predicted octanol–water partition coefficient (Wildman–Crippen LogP) is 3.03. The summed E-state index contributed by atoms with van der Waals surface area (Å²) >= 11 is 1.31. The Kier molecular flexibility index (Phi) is 7.46. The standard InChI is InChI=1S/C25H29N3O6S2/c1-15-10-16(2)23-21(11-15)28(14-22(29)33-5)25(35-23)26-24(30)19-6-8-20(9-7-19)36(31,32)27-12-17(3)34-18(4)13-27/h6-11,17-18H,12-14H2,1-5H3/t17-,18+. The van der Waals surface area contributed by atoms with Gasteiger partial charge in [0.05, 0.1) is 34.4 Å². The first-order valence-corrected chi connectivity index (χ1v) is 13.8. The highest BCUT2D eigenvalue weighted by molar-refractivity contribution is 7.89. The summed E-state index contributed by atoms with van der Waals surface area (Å²) < 4.78 is 40.7. The summed E-state index contributed by atoms with van der Waals surface area (Å²) in [6.45, 7) is 8.06. The zero-order chi connectivity index (χ0) is 26.2. The number of amides is 1. The van der Waals surface area contributed by atoms with Crippen LogP contribution in [0.4, 0.5) is 0 Å². The van der Waals surface area contributed by atoms with Gasteiger partial charge in [-0.3, -0.25) is 9.59 Å². The second-order valence-electron chi connectivity index (χ2n) is 9.00. The first kappa shape index (κ1) is 26.2. The number of rotatable bonds is 5. The predicted molar refractivity (Wildman–Crippen MR) is 136 cm³/mol. The Morgan fingerprint density at radius 3 is 2.36 bits per heavy atom. The molecule has 2 aromatic carbocycles. The number of morpholine rings is 1. The van der Waals surface area contributed by atoms with E-state index in [1.165, 1.54) is 47.0 Å². The van der Waals surface area contributed by atoms with Crippen LogP contribution in [0.2, 0.25) is 0 Å². The van der Waals surface area contributed by atoms with Crippen molar-refractivity contribution in [3.63, 3.8) is 0 Å². The number of aromatic nitrogens is 1. The Morgan fingerprint density at radius 2 is 1.75 bits per heavy atom. The molecule has 0 N–H and O–H groups in total. The van der Waals surface area contributed by atoms with E-state index in [1.54, 1.807) is 4.57 Å². The van der Waals surface area contributed by atoms with Crippen LogP contribution in [-0.2, 0) is 30.8 Å². The number of hydrogen-bond donors (Lipinski definition) is 0. The largest absolute Gasteiger partial charge is 0.468 e. The van der Waals surface area contributed by atoms with Gasteiger partial charge < -0.3 is 14.0 Å². The highest BCUT2D eigenvalue weighted by Gasteiger charge is 2.32. The van der Waals surface area contributed by atoms with Crippen molar-refractivity contribution < 1.29 is 27.5 Å². The van der Waals surface area contributed by atoms with E-state index in [0.29, 0.717) is 4.80 Å². The number of benzene rings is 2. The number of carbonyl (C=O) groups excluding carboxylic acids is 2. The van der Waals surface area contributed by atoms with Crippen LogP contribution in [0.25, 0.3) is 10.2 Å². The molecule has 11 heteroatoms. The third kappa shape index (κ3) is 5.29. The number of aryl methyl sites for hydroxylation is 2. The Labute approximate surface area is 214 Å². The fourth-order valence-corrected chi connectivity index (χ4v) is 7.01. The van der Waals surface area contributed by atoms with Gasteiger partial charge in [0.25, 0.3) is 5.91 Å². The van der Waals surface area contributed by atoms with Crippen LogP contribution < -0.4 is 4.80 Å². The van der Waals surface area contributed by atoms with Crippen LogP contribution >= 0.6 is 11.3 Å². The quantitative estimate of drug-likeness (QED) is 0.469. The monoisotopic (exact) mass is 531 g/mol. The minimum Gasteiger partial charge on any atom is -0.468 e. The number of nitrogens with zero attached hydrogens (tertiary/aromatic N) is 3. The van der Waals surface area contributed by atoms with Crippen molar-refractivity contribution in [2.45, 2.75) is 51.3 Å². The van der Waals surface area contributed by atoms with Gasteiger partial charge in [-0.2, -0.15) is 9.30 Å². The molecule has 1 saturated heterocycles. The smallest absolute Gasteiger partial charge is 0.325 e. The first-order valence-electron chi connectivity index (χ1n) is 11.5. The highest BCUT2D eigenvalue weighted by Crippen LogP contribution is 2.24. The van der Waals surface area contributed by atoms with Gasteiger partial charge in [-0.15, -0.1) is 0 Å². The van der Waals surface area contributed by atoms with Gasteiger partial charge in [-0.25, -0.2) is 8.42 Å². The number of esters is 1. The van der Waals surface area contributed by atoms with Crippen molar-refractivity contribution in [2.75, 3.05) is 20.2 Å². The van der Waals surface area contributed by atoms with Crippen LogP contribution in [0, 0.1) is 13.8 Å². The summed E-state index contributed by atoms with van der Waals surface area (Å²) in [4.78, 5) is 29.9. The maximum atomic E-state index is 13.1. The van der Waals surface area contributed by atoms with Crippen LogP contribution in [0.15, 0.2) is 46.3 Å². The average Bonchev–Trinajstić information content (AvgIpc) is 3.15. The molecule has 2 heterocycles. The van der Waals surface area contributed by atoms with Crippen LogP contribution in [0.5, 0.6) is 0 Å². The van der Waals surface area contributed by atoms with Crippen molar-refractivity contribution in [3.8, 4) is 0 Å². The molecule has 9 nitrogen and oxygen atoms in total. The van der Waals surface area contributed by atoms with E-state index in [-0.39, 0.29) is 42.3 Å². The van der Waals surface area contributed by atoms with Gasteiger partial charge in [0.1, 0.15) is 6.54 Å². The maximum Gasteiger partial charge on any atom is 0.325 e. The molecule has 1 aromatic heterocycles. The molecule has 0 bridgehead atoms. The van der Waals surface area contributed by atoms with Crippen molar-refractivity contribution in [1.82, 2.24) is 8.87 Å². The Morgan fingerprint density at radius 1 is 1.11 bits per heavy atom. The van der Waals surface area contributed by atoms with Crippen LogP contribution in [0.3, 0.4) is 0 Å². The molecule has 36 heavy (non-hydrogen) atoms. The van der Waals surface area contributed by atoms with E-state index in [4.69, 9.17) is 9.47 Å². The van der Waals surface area contributed by atoms with Gasteiger partial charge in [-0.1, -0.05) is 17.4 Å². The van der Waals surface area contributed by atoms with E-state index in [9.17, 15) is 18.0 Å². The zero-order valence-electron chi connectivity index (χ0n) is 20.8. The van der Waals surface area contributed by atoms with E-state index in [0.717, 1.165) is 21.3 Å². The molecule has 4 rings (SSSR count). The summed E-state index contributed by atoms with van der Waals surface area (Å²) in [5, 5.41) is 0. The van der Waals surface area contributed by atoms with Crippen LogP contribution in [-0.4, -0.2) is 61.6 Å². The summed E-state index contributed by atoms with van der Waals surface area (Å²) in [7, 11) is -2.41. The van der Waals surface area contributed by atoms with Crippen molar-refractivity contribution in [3.05, 3.63) is 57.9 Å². The molecule has 0 radical (unpaired) electrons. The molecule has 0 saturated carbocycles. The average molecular weight is 532 g/mol. The number of carbonyl (C=O) groups is 2. The minimum atomic E-state index is -3.72. The molecular weight excluding hydrogens is 502 g/mol. The highest BCUT2D eigenvalue weighted by atomic mass is 32.2. The van der Waals surface area contributed by atoms with Crippen LogP contribution in [0.1, 0.15) is 35.3 Å². The number of methoxy groups -OCH3 is 1. The topological polar surface area (TPSA) is 107 Å². The number of fused-ring (bicyclic) bond motifs is 1. The summed E-state index contributed by atoms with van der Waals surface area (Å²) in [6, 6.07) is 9.73. The third-order valence-corrected chi connectivity index (χ3v) is 9.03. The molecule has 1 fully saturated rings. The summed E-state index contributed by atoms with van der Waals surface area (Å²) in [5.74, 6) is -0.990. The lowest BCUT2D eigenvalue weighted by Gasteiger charge is -2.34. The number of sulfonamides is 1. The lowest BCUT2D eigenvalue weighted by Crippen LogP contribution is -2.48. The molecule has 192 valence electrons. The van der Waals surface area contributed by atoms with Gasteiger partial charge in [0, 0.05) is 18.7 Å². The molecule has 0 spiro atoms. The second kappa shape index (κ2) is 10.3. The summed E-state index contributed by atoms with van der Waals surface area (Å²) in [6.07, 6.45) is -0.401. The summed E-state index contributed by atoms with van der Waals surface area (Å²) in [5.41, 5.74) is 3.08. The molecule has 1 amide bonds. The Balaban J connectivity index is 1.68. The molecule has 2 atom stereocenters. The Hall–Kier alpha value is -2.86. The zero-order valence-corrected chi connectivity index (χ0v) is 22.5. The molecule has 3 aromatic rings. The molecule has 1 aliphatic heterocycles. The maximum absolute atomic E-state index is 13.1. The van der Waals surface area contributed by atoms with E-state index in [1.807, 2.05) is 39.8 Å². The number of hydrogen-bond acceptors (Lipinski definition) is 7. The lowest BCUT2D eigenvalue weighted by atomic mass is 10.1. The van der Waals surface area contributed by atoms with E-state index in [2.05, 4.69) is 4.99 Å². The Bertz CT molecular complexity index is 1480. The van der Waals surface area contributed by atoms with Gasteiger partial charge in [0.2, 0.25) is 10.0 Å². The van der Waals surface area contributed by atoms with Crippen molar-refractivity contribution in [2.24, 2.45) is 4.99 Å². The van der Waals surface area contributed by atoms with E-state index >= 15 is 0 Å². The second-order valence-corrected chi connectivity index (χ2v) is 11.9. The molecule has 0 aliphatic carbocycles. The number of thiazole rings is 1. The molecular formula is C25H29N3O6S2. The van der Waals surface area contributed by atoms with Gasteiger partial charge in [0.15, 0.2) is 4.80 Å². The van der Waals surface area contributed by atoms with Gasteiger partial charge in [-0.05, 0) is 69.2 Å². The normalized spacial score (nSPS) is 19.5. The third-order valence-electron chi connectivity index (χ3n) is 5.95. The van der Waals surface area contributed by atoms with E-state index < -0.39 is 21.9 Å². The fourth-order valence-electron chi connectivity index (χ4n) is 4.34.